The van der Waals surface area contributed by atoms with Crippen LogP contribution in [-0.2, 0) is 4.79 Å². The summed E-state index contributed by atoms with van der Waals surface area (Å²) in [6.45, 7) is 9.35. The normalized spacial score (nSPS) is 22.8. The maximum Gasteiger partial charge on any atom is 0.150 e. The predicted octanol–water partition coefficient (Wildman–Crippen LogP) is 4.95. The summed E-state index contributed by atoms with van der Waals surface area (Å²) in [6.07, 6.45) is 7.68. The van der Waals surface area contributed by atoms with Gasteiger partial charge in [-0.25, -0.2) is 4.99 Å². The zero-order valence-corrected chi connectivity index (χ0v) is 21.5. The second-order valence-corrected chi connectivity index (χ2v) is 9.10. The van der Waals surface area contributed by atoms with E-state index in [2.05, 4.69) is 66.3 Å². The van der Waals surface area contributed by atoms with Crippen LogP contribution in [0.15, 0.2) is 46.0 Å². The number of nitrogens with two attached hydrogens (primary N) is 1. The zero-order chi connectivity index (χ0) is 25.3. The second kappa shape index (κ2) is 13.3. The summed E-state index contributed by atoms with van der Waals surface area (Å²) >= 11 is 13.4. The van der Waals surface area contributed by atoms with Gasteiger partial charge in [0, 0.05) is 23.2 Å². The number of carbonyl (C=O) groups excluding carboxylic acids is 1. The lowest BCUT2D eigenvalue weighted by atomic mass is 9.87. The highest BCUT2D eigenvalue weighted by atomic mass is 35.5. The third kappa shape index (κ3) is 6.73. The number of aldehydes is 1. The topological polar surface area (TPSA) is 98.3 Å². The van der Waals surface area contributed by atoms with Gasteiger partial charge in [-0.1, -0.05) is 55.5 Å². The van der Waals surface area contributed by atoms with E-state index in [9.17, 15) is 0 Å². The lowest BCUT2D eigenvalue weighted by Gasteiger charge is -2.26. The van der Waals surface area contributed by atoms with Crippen LogP contribution in [0, 0.1) is 23.2 Å². The molecular formula is C26H33Cl2N5O. The number of allylic oxidation sites excluding steroid dienone is 5. The Balaban J connectivity index is 0.000000945. The molecule has 3 atom stereocenters. The third-order valence-corrected chi connectivity index (χ3v) is 6.97. The van der Waals surface area contributed by atoms with E-state index in [0.717, 1.165) is 66.1 Å². The van der Waals surface area contributed by atoms with Crippen molar-refractivity contribution in [3.05, 3.63) is 57.9 Å². The van der Waals surface area contributed by atoms with Crippen LogP contribution in [0.3, 0.4) is 0 Å². The molecule has 3 rings (SSSR count). The number of likely N-dealkylation sites (tertiary alicyclic amines) is 1. The van der Waals surface area contributed by atoms with Gasteiger partial charge in [-0.3, -0.25) is 10.2 Å². The molecular weight excluding hydrogens is 469 g/mol. The maximum atomic E-state index is 9.06. The van der Waals surface area contributed by atoms with Gasteiger partial charge >= 0.3 is 0 Å². The van der Waals surface area contributed by atoms with Crippen LogP contribution in [0.1, 0.15) is 56.0 Å². The molecule has 182 valence electrons. The Kier molecular flexibility index (Phi) is 10.8. The third-order valence-electron chi connectivity index (χ3n) is 5.96. The van der Waals surface area contributed by atoms with Crippen LogP contribution < -0.4 is 5.73 Å². The number of rotatable bonds is 6. The highest BCUT2D eigenvalue weighted by molar-refractivity contribution is 6.32. The van der Waals surface area contributed by atoms with Crippen LogP contribution in [-0.4, -0.2) is 53.9 Å². The first kappa shape index (κ1) is 27.7. The van der Waals surface area contributed by atoms with E-state index >= 15 is 0 Å². The fraction of sp³-hybridized carbons (Fsp3) is 0.423. The minimum Gasteiger partial charge on any atom is -0.382 e. The Morgan fingerprint density at radius 2 is 2.15 bits per heavy atom. The number of aliphatic imine (C=N–C) groups is 1. The Morgan fingerprint density at radius 3 is 2.68 bits per heavy atom. The van der Waals surface area contributed by atoms with Crippen LogP contribution in [0.5, 0.6) is 0 Å². The lowest BCUT2D eigenvalue weighted by molar-refractivity contribution is -0.104. The van der Waals surface area contributed by atoms with Crippen molar-refractivity contribution >= 4 is 41.7 Å². The van der Waals surface area contributed by atoms with Crippen molar-refractivity contribution in [1.82, 2.24) is 9.88 Å². The van der Waals surface area contributed by atoms with Gasteiger partial charge in [0.25, 0.3) is 0 Å². The number of nitrogens with zero attached hydrogens (tertiary/aromatic N) is 2. The molecule has 2 heterocycles. The smallest absolute Gasteiger partial charge is 0.150 e. The number of aromatic amines is 1. The Labute approximate surface area is 212 Å². The first-order valence-corrected chi connectivity index (χ1v) is 12.2. The number of likely N-dealkylation sites (N-methyl/N-ethyl adjacent to an activating group) is 1. The van der Waals surface area contributed by atoms with Gasteiger partial charge in [0.2, 0.25) is 0 Å². The fourth-order valence-electron chi connectivity index (χ4n) is 4.09. The summed E-state index contributed by atoms with van der Waals surface area (Å²) in [5, 5.41) is 7.73. The van der Waals surface area contributed by atoms with Gasteiger partial charge < -0.3 is 15.6 Å². The van der Waals surface area contributed by atoms with Gasteiger partial charge in [-0.2, -0.15) is 0 Å². The van der Waals surface area contributed by atoms with Crippen LogP contribution in [0.4, 0.5) is 0 Å². The molecule has 0 spiro atoms. The molecule has 0 radical (unpaired) electrons. The lowest BCUT2D eigenvalue weighted by Crippen LogP contribution is -2.21. The molecule has 1 aliphatic heterocycles. The standard InChI is InChI=1S/C23H29Cl2N5.C3H4O/c1-4-14-10-15(5-2)21(25)18(20(14)24)7-6-16-11-19(17-8-9-30(3)12-17)29-22(16)23(27)28-13-26;1-2-3-4/h10-11,13,17-18,20,29H,4-5,8-9,12H2,1-3H3,(H3,26,27,28);2-3H,1H2. The van der Waals surface area contributed by atoms with Gasteiger partial charge in [0.1, 0.15) is 18.5 Å². The van der Waals surface area contributed by atoms with Crippen LogP contribution in [0.25, 0.3) is 0 Å². The number of H-pyrrole nitrogens is 1. The summed E-state index contributed by atoms with van der Waals surface area (Å²) in [5.74, 6) is 6.97. The molecule has 6 nitrogen and oxygen atoms in total. The zero-order valence-electron chi connectivity index (χ0n) is 20.0. The minimum absolute atomic E-state index is 0.247. The highest BCUT2D eigenvalue weighted by Gasteiger charge is 2.29. The first-order chi connectivity index (χ1) is 16.3. The van der Waals surface area contributed by atoms with Crippen molar-refractivity contribution in [3.63, 3.8) is 0 Å². The molecule has 4 N–H and O–H groups in total. The van der Waals surface area contributed by atoms with Crippen molar-refractivity contribution in [2.24, 2.45) is 16.6 Å². The molecule has 3 unspecified atom stereocenters. The number of hydrogen-bond donors (Lipinski definition) is 3. The van der Waals surface area contributed by atoms with Crippen molar-refractivity contribution in [3.8, 4) is 11.8 Å². The Hall–Kier alpha value is -2.59. The fourth-order valence-corrected chi connectivity index (χ4v) is 4.93. The molecule has 1 saturated heterocycles. The average Bonchev–Trinajstić information content (AvgIpc) is 3.46. The summed E-state index contributed by atoms with van der Waals surface area (Å²) in [7, 11) is 2.12. The second-order valence-electron chi connectivity index (χ2n) is 8.22. The van der Waals surface area contributed by atoms with Gasteiger partial charge in [-0.15, -0.1) is 11.6 Å². The highest BCUT2D eigenvalue weighted by Crippen LogP contribution is 2.38. The predicted molar refractivity (Wildman–Crippen MR) is 143 cm³/mol. The van der Waals surface area contributed by atoms with Crippen molar-refractivity contribution in [2.75, 3.05) is 20.1 Å². The van der Waals surface area contributed by atoms with Crippen LogP contribution in [0.2, 0.25) is 0 Å². The van der Waals surface area contributed by atoms with E-state index < -0.39 is 0 Å². The molecule has 8 heteroatoms. The van der Waals surface area contributed by atoms with Crippen molar-refractivity contribution in [1.29, 1.82) is 5.41 Å². The maximum absolute atomic E-state index is 9.06. The molecule has 1 fully saturated rings. The number of carbonyl (C=O) groups is 1. The quantitative estimate of drug-likeness (QED) is 0.128. The van der Waals surface area contributed by atoms with E-state index in [0.29, 0.717) is 17.9 Å². The molecule has 0 saturated carbocycles. The molecule has 0 amide bonds. The van der Waals surface area contributed by atoms with E-state index in [1.807, 2.05) is 0 Å². The van der Waals surface area contributed by atoms with E-state index in [-0.39, 0.29) is 17.1 Å². The van der Waals surface area contributed by atoms with Crippen LogP contribution >= 0.6 is 23.2 Å². The molecule has 2 aliphatic rings. The number of alkyl halides is 1. The SMILES string of the molecule is C=CC=O.CCC1=CC(CC)=C(Cl)C(C#Cc2cc(C3CCN(C)C3)[nH]c2C(N)=NC=N)C1Cl. The van der Waals surface area contributed by atoms with E-state index in [1.54, 1.807) is 0 Å². The molecule has 0 aromatic carbocycles. The minimum atomic E-state index is -0.257. The summed E-state index contributed by atoms with van der Waals surface area (Å²) < 4.78 is 0. The molecule has 1 aromatic rings. The van der Waals surface area contributed by atoms with Gasteiger partial charge in [0.15, 0.2) is 0 Å². The van der Waals surface area contributed by atoms with E-state index in [1.165, 1.54) is 6.08 Å². The van der Waals surface area contributed by atoms with E-state index in [4.69, 9.17) is 39.1 Å². The monoisotopic (exact) mass is 501 g/mol. The van der Waals surface area contributed by atoms with Crippen molar-refractivity contribution < 1.29 is 4.79 Å². The Morgan fingerprint density at radius 1 is 1.44 bits per heavy atom. The number of amidine groups is 1. The van der Waals surface area contributed by atoms with Gasteiger partial charge in [-0.05, 0) is 50.6 Å². The first-order valence-electron chi connectivity index (χ1n) is 11.4. The average molecular weight is 502 g/mol. The van der Waals surface area contributed by atoms with Gasteiger partial charge in [0.05, 0.1) is 22.6 Å². The molecule has 0 bridgehead atoms. The molecule has 1 aliphatic carbocycles. The number of nitrogens with one attached hydrogen (secondary N) is 2. The summed E-state index contributed by atoms with van der Waals surface area (Å²) in [4.78, 5) is 18.7. The summed E-state index contributed by atoms with van der Waals surface area (Å²) in [5.41, 5.74) is 10.9. The number of hydrogen-bond acceptors (Lipinski definition) is 3. The Bertz CT molecular complexity index is 1050. The molecule has 34 heavy (non-hydrogen) atoms. The summed E-state index contributed by atoms with van der Waals surface area (Å²) in [6, 6.07) is 2.06. The van der Waals surface area contributed by atoms with Crippen molar-refractivity contribution in [2.45, 2.75) is 44.4 Å². The number of aromatic nitrogens is 1. The molecule has 1 aromatic heterocycles. The number of halogens is 2. The largest absolute Gasteiger partial charge is 0.382 e.